The summed E-state index contributed by atoms with van der Waals surface area (Å²) in [5.74, 6) is 1.90. The molecule has 1 aliphatic heterocycles. The monoisotopic (exact) mass is 205 g/mol. The number of hydrogen-bond acceptors (Lipinski definition) is 3. The van der Waals surface area contributed by atoms with Crippen molar-refractivity contribution in [3.8, 4) is 0 Å². The average molecular weight is 205 g/mol. The summed E-state index contributed by atoms with van der Waals surface area (Å²) in [7, 11) is 1.92. The predicted octanol–water partition coefficient (Wildman–Crippen LogP) is 1.14. The van der Waals surface area contributed by atoms with Crippen LogP contribution in [0.25, 0.3) is 0 Å². The van der Waals surface area contributed by atoms with E-state index in [1.807, 2.05) is 18.7 Å². The second kappa shape index (κ2) is 2.84. The van der Waals surface area contributed by atoms with Gasteiger partial charge < -0.3 is 4.90 Å². The van der Waals surface area contributed by atoms with Gasteiger partial charge in [0.2, 0.25) is 0 Å². The summed E-state index contributed by atoms with van der Waals surface area (Å²) < 4.78 is 1.85. The summed E-state index contributed by atoms with van der Waals surface area (Å²) in [5, 5.41) is 4.32. The van der Waals surface area contributed by atoms with Crippen LogP contribution in [-0.4, -0.2) is 28.7 Å². The Bertz CT molecular complexity index is 424. The number of aromatic nitrogens is 2. The number of carbonyl (C=O) groups excluding carboxylic acids is 1. The van der Waals surface area contributed by atoms with Crippen molar-refractivity contribution >= 4 is 12.1 Å². The SMILES string of the molecule is Cc1nn(C)c(N2CCC3CC32)c1C=O. The average Bonchev–Trinajstić information content (AvgIpc) is 2.78. The van der Waals surface area contributed by atoms with Crippen molar-refractivity contribution in [3.63, 3.8) is 0 Å². The van der Waals surface area contributed by atoms with Crippen LogP contribution in [0.4, 0.5) is 5.82 Å². The molecule has 0 radical (unpaired) electrons. The molecule has 0 N–H and O–H groups in total. The Morgan fingerprint density at radius 2 is 2.33 bits per heavy atom. The van der Waals surface area contributed by atoms with Gasteiger partial charge in [0.25, 0.3) is 0 Å². The summed E-state index contributed by atoms with van der Waals surface area (Å²) in [5.41, 5.74) is 1.61. The minimum Gasteiger partial charge on any atom is -0.353 e. The topological polar surface area (TPSA) is 38.1 Å². The number of anilines is 1. The largest absolute Gasteiger partial charge is 0.353 e. The summed E-state index contributed by atoms with van der Waals surface area (Å²) in [6.45, 7) is 2.98. The number of hydrogen-bond donors (Lipinski definition) is 0. The fourth-order valence-electron chi connectivity index (χ4n) is 2.80. The van der Waals surface area contributed by atoms with Gasteiger partial charge in [-0.3, -0.25) is 9.48 Å². The van der Waals surface area contributed by atoms with E-state index in [9.17, 15) is 4.79 Å². The normalized spacial score (nSPS) is 28.0. The van der Waals surface area contributed by atoms with Gasteiger partial charge in [0, 0.05) is 19.6 Å². The molecule has 1 aromatic heterocycles. The van der Waals surface area contributed by atoms with Crippen molar-refractivity contribution in [2.45, 2.75) is 25.8 Å². The third-order valence-electron chi connectivity index (χ3n) is 3.65. The van der Waals surface area contributed by atoms with E-state index in [1.165, 1.54) is 12.8 Å². The molecule has 1 saturated carbocycles. The standard InChI is InChI=1S/C11H15N3O/c1-7-9(6-15)11(13(2)12-7)14-4-3-8-5-10(8)14/h6,8,10H,3-5H2,1-2H3. The first-order valence-electron chi connectivity index (χ1n) is 5.47. The minimum absolute atomic E-state index is 0.679. The molecule has 3 rings (SSSR count). The third-order valence-corrected chi connectivity index (χ3v) is 3.65. The zero-order chi connectivity index (χ0) is 10.6. The molecule has 2 atom stereocenters. The summed E-state index contributed by atoms with van der Waals surface area (Å²) >= 11 is 0. The summed E-state index contributed by atoms with van der Waals surface area (Å²) in [6, 6.07) is 0.679. The predicted molar refractivity (Wildman–Crippen MR) is 57.2 cm³/mol. The van der Waals surface area contributed by atoms with Crippen LogP contribution in [0.3, 0.4) is 0 Å². The highest BCUT2D eigenvalue weighted by Gasteiger charge is 2.48. The van der Waals surface area contributed by atoms with Crippen LogP contribution >= 0.6 is 0 Å². The quantitative estimate of drug-likeness (QED) is 0.679. The Hall–Kier alpha value is -1.32. The van der Waals surface area contributed by atoms with Crippen LogP contribution in [0, 0.1) is 12.8 Å². The van der Waals surface area contributed by atoms with E-state index in [2.05, 4.69) is 10.00 Å². The van der Waals surface area contributed by atoms with Crippen LogP contribution in [0.15, 0.2) is 0 Å². The zero-order valence-electron chi connectivity index (χ0n) is 9.10. The molecule has 2 unspecified atom stereocenters. The molecular formula is C11H15N3O. The van der Waals surface area contributed by atoms with E-state index in [4.69, 9.17) is 0 Å². The van der Waals surface area contributed by atoms with Crippen LogP contribution < -0.4 is 4.90 Å². The maximum absolute atomic E-state index is 11.1. The summed E-state index contributed by atoms with van der Waals surface area (Å²) in [4.78, 5) is 13.4. The van der Waals surface area contributed by atoms with Crippen LogP contribution in [0.2, 0.25) is 0 Å². The smallest absolute Gasteiger partial charge is 0.155 e. The molecular weight excluding hydrogens is 190 g/mol. The first-order chi connectivity index (χ1) is 7.22. The van der Waals surface area contributed by atoms with E-state index in [1.54, 1.807) is 0 Å². The lowest BCUT2D eigenvalue weighted by molar-refractivity contribution is 0.112. The second-order valence-corrected chi connectivity index (χ2v) is 4.61. The highest BCUT2D eigenvalue weighted by Crippen LogP contribution is 2.47. The first-order valence-corrected chi connectivity index (χ1v) is 5.47. The van der Waals surface area contributed by atoms with Crippen LogP contribution in [-0.2, 0) is 7.05 Å². The van der Waals surface area contributed by atoms with Crippen molar-refractivity contribution < 1.29 is 4.79 Å². The van der Waals surface area contributed by atoms with E-state index in [0.29, 0.717) is 6.04 Å². The minimum atomic E-state index is 0.679. The number of aryl methyl sites for hydroxylation is 2. The Labute approximate surface area is 88.9 Å². The molecule has 2 heterocycles. The van der Waals surface area contributed by atoms with Gasteiger partial charge in [-0.25, -0.2) is 0 Å². The van der Waals surface area contributed by atoms with Crippen molar-refractivity contribution in [3.05, 3.63) is 11.3 Å². The lowest BCUT2D eigenvalue weighted by atomic mass is 10.2. The Kier molecular flexibility index (Phi) is 1.69. The van der Waals surface area contributed by atoms with Gasteiger partial charge in [0.15, 0.2) is 6.29 Å². The lowest BCUT2D eigenvalue weighted by Crippen LogP contribution is -2.25. The molecule has 1 aliphatic carbocycles. The number of nitrogens with zero attached hydrogens (tertiary/aromatic N) is 3. The van der Waals surface area contributed by atoms with E-state index in [0.717, 1.165) is 35.8 Å². The van der Waals surface area contributed by atoms with Crippen molar-refractivity contribution in [1.82, 2.24) is 9.78 Å². The van der Waals surface area contributed by atoms with Crippen molar-refractivity contribution in [2.24, 2.45) is 13.0 Å². The Balaban J connectivity index is 2.05. The molecule has 0 spiro atoms. The molecule has 4 heteroatoms. The van der Waals surface area contributed by atoms with Crippen LogP contribution in [0.1, 0.15) is 28.9 Å². The van der Waals surface area contributed by atoms with Gasteiger partial charge in [0.05, 0.1) is 11.3 Å². The van der Waals surface area contributed by atoms with Gasteiger partial charge >= 0.3 is 0 Å². The molecule has 1 saturated heterocycles. The number of carbonyl (C=O) groups is 1. The number of piperidine rings is 1. The number of fused-ring (bicyclic) bond motifs is 1. The first kappa shape index (κ1) is 8.95. The zero-order valence-corrected chi connectivity index (χ0v) is 9.10. The second-order valence-electron chi connectivity index (χ2n) is 4.61. The van der Waals surface area contributed by atoms with Crippen molar-refractivity contribution in [1.29, 1.82) is 0 Å². The molecule has 1 aromatic rings. The molecule has 2 aliphatic rings. The van der Waals surface area contributed by atoms with E-state index in [-0.39, 0.29) is 0 Å². The van der Waals surface area contributed by atoms with E-state index < -0.39 is 0 Å². The fraction of sp³-hybridized carbons (Fsp3) is 0.636. The van der Waals surface area contributed by atoms with Gasteiger partial charge in [-0.05, 0) is 25.7 Å². The Morgan fingerprint density at radius 3 is 2.87 bits per heavy atom. The van der Waals surface area contributed by atoms with Gasteiger partial charge in [-0.15, -0.1) is 0 Å². The van der Waals surface area contributed by atoms with Crippen LogP contribution in [0.5, 0.6) is 0 Å². The van der Waals surface area contributed by atoms with Gasteiger partial charge in [-0.2, -0.15) is 5.10 Å². The maximum Gasteiger partial charge on any atom is 0.155 e. The molecule has 2 fully saturated rings. The molecule has 0 amide bonds. The Morgan fingerprint density at radius 1 is 1.53 bits per heavy atom. The number of rotatable bonds is 2. The third kappa shape index (κ3) is 1.14. The lowest BCUT2D eigenvalue weighted by Gasteiger charge is -2.20. The maximum atomic E-state index is 11.1. The summed E-state index contributed by atoms with van der Waals surface area (Å²) in [6.07, 6.45) is 3.50. The van der Waals surface area contributed by atoms with Crippen molar-refractivity contribution in [2.75, 3.05) is 11.4 Å². The fourth-order valence-corrected chi connectivity index (χ4v) is 2.80. The molecule has 0 bridgehead atoms. The number of aldehydes is 1. The highest BCUT2D eigenvalue weighted by atomic mass is 16.1. The highest BCUT2D eigenvalue weighted by molar-refractivity contribution is 5.85. The molecule has 80 valence electrons. The van der Waals surface area contributed by atoms with Gasteiger partial charge in [0.1, 0.15) is 5.82 Å². The van der Waals surface area contributed by atoms with E-state index >= 15 is 0 Å². The molecule has 15 heavy (non-hydrogen) atoms. The molecule has 4 nitrogen and oxygen atoms in total. The van der Waals surface area contributed by atoms with Gasteiger partial charge in [-0.1, -0.05) is 0 Å². The molecule has 0 aromatic carbocycles.